The lowest BCUT2D eigenvalue weighted by Gasteiger charge is -2.38. The number of ether oxygens (including phenoxy) is 2. The minimum Gasteiger partial charge on any atom is -0.523 e. The average molecular weight is 381 g/mol. The van der Waals surface area contributed by atoms with E-state index in [9.17, 15) is 4.79 Å². The van der Waals surface area contributed by atoms with Crippen molar-refractivity contribution in [1.82, 2.24) is 0 Å². The molecule has 0 N–H and O–H groups in total. The summed E-state index contributed by atoms with van der Waals surface area (Å²) in [6.07, 6.45) is 0. The van der Waals surface area contributed by atoms with Crippen LogP contribution in [0.5, 0.6) is 0 Å². The van der Waals surface area contributed by atoms with Crippen LogP contribution < -0.4 is 0 Å². The van der Waals surface area contributed by atoms with Gasteiger partial charge in [-0.3, -0.25) is 4.79 Å². The van der Waals surface area contributed by atoms with Crippen molar-refractivity contribution in [3.63, 3.8) is 0 Å². The van der Waals surface area contributed by atoms with Gasteiger partial charge in [0.1, 0.15) is 15.0 Å². The van der Waals surface area contributed by atoms with Crippen LogP contribution in [0.2, 0.25) is 13.1 Å². The first-order valence-corrected chi connectivity index (χ1v) is 17.3. The molecule has 0 aromatic carbocycles. The molecular weight excluding hydrogens is 344 g/mol. The molecule has 0 amide bonds. The predicted molar refractivity (Wildman–Crippen MR) is 102 cm³/mol. The Labute approximate surface area is 146 Å². The van der Waals surface area contributed by atoms with Crippen molar-refractivity contribution in [3.05, 3.63) is 0 Å². The Bertz CT molecular complexity index is 362. The van der Waals surface area contributed by atoms with Gasteiger partial charge in [-0.15, -0.1) is 0 Å². The molecule has 0 aliphatic carbocycles. The highest BCUT2D eigenvalue weighted by atomic mass is 29.6. The molecule has 0 saturated heterocycles. The molecule has 5 nitrogen and oxygen atoms in total. The maximum absolute atomic E-state index is 11.6. The van der Waals surface area contributed by atoms with E-state index in [2.05, 4.69) is 13.1 Å². The van der Waals surface area contributed by atoms with Gasteiger partial charge in [0.25, 0.3) is 5.97 Å². The quantitative estimate of drug-likeness (QED) is 0.477. The highest BCUT2D eigenvalue weighted by molar-refractivity contribution is 7.51. The Hall–Kier alpha value is 0.000649. The smallest absolute Gasteiger partial charge is 0.289 e. The third-order valence-corrected chi connectivity index (χ3v) is 25.2. The Kier molecular flexibility index (Phi) is 8.91. The summed E-state index contributed by atoms with van der Waals surface area (Å²) in [5.74, 6) is -0.489. The van der Waals surface area contributed by atoms with Gasteiger partial charge in [0.2, 0.25) is 15.9 Å². The molecule has 0 fully saturated rings. The third-order valence-electron chi connectivity index (χ3n) is 3.20. The minimum atomic E-state index is -2.24. The van der Waals surface area contributed by atoms with E-state index in [1.807, 2.05) is 48.5 Å². The molecule has 0 aliphatic heterocycles. The van der Waals surface area contributed by atoms with Gasteiger partial charge >= 0.3 is 0 Å². The number of rotatable bonds is 8. The van der Waals surface area contributed by atoms with Crippen LogP contribution in [0.25, 0.3) is 0 Å². The SMILES string of the molecule is CCO[SiH](C)[Si](C)(OC(C)=O)[SiH2]C(OC(C)(C)C)OC(C)(C)C. The van der Waals surface area contributed by atoms with Crippen molar-refractivity contribution >= 4 is 30.9 Å². The molecule has 0 radical (unpaired) electrons. The second-order valence-electron chi connectivity index (χ2n) is 8.10. The molecule has 138 valence electrons. The van der Waals surface area contributed by atoms with Gasteiger partial charge in [-0.2, -0.15) is 0 Å². The van der Waals surface area contributed by atoms with Gasteiger partial charge in [0.15, 0.2) is 0 Å². The summed E-state index contributed by atoms with van der Waals surface area (Å²) >= 11 is 0. The van der Waals surface area contributed by atoms with Crippen molar-refractivity contribution in [2.24, 2.45) is 0 Å². The topological polar surface area (TPSA) is 54.0 Å². The van der Waals surface area contributed by atoms with E-state index in [0.29, 0.717) is 6.61 Å². The van der Waals surface area contributed by atoms with E-state index in [-0.39, 0.29) is 23.1 Å². The average Bonchev–Trinajstić information content (AvgIpc) is 2.22. The second-order valence-corrected chi connectivity index (χ2v) is 27.6. The summed E-state index contributed by atoms with van der Waals surface area (Å²) in [5, 5.41) is 0. The first-order chi connectivity index (χ1) is 10.2. The number of carbonyl (C=O) groups excluding carboxylic acids is 1. The molecule has 0 bridgehead atoms. The summed E-state index contributed by atoms with van der Waals surface area (Å²) in [4.78, 5) is 11.6. The zero-order valence-electron chi connectivity index (χ0n) is 16.6. The molecule has 0 heterocycles. The summed E-state index contributed by atoms with van der Waals surface area (Å²) in [6, 6.07) is 0. The zero-order valence-corrected chi connectivity index (χ0v) is 20.2. The number of hydrogen-bond donors (Lipinski definition) is 0. The monoisotopic (exact) mass is 380 g/mol. The molecular formula is C15H36O5Si3. The van der Waals surface area contributed by atoms with Crippen LogP contribution in [0.15, 0.2) is 0 Å². The van der Waals surface area contributed by atoms with Crippen LogP contribution in [-0.2, 0) is 23.1 Å². The van der Waals surface area contributed by atoms with Crippen molar-refractivity contribution in [1.29, 1.82) is 0 Å². The van der Waals surface area contributed by atoms with Crippen LogP contribution in [0, 0.1) is 0 Å². The normalized spacial score (nSPS) is 17.5. The molecule has 0 aromatic rings. The van der Waals surface area contributed by atoms with E-state index in [4.69, 9.17) is 18.3 Å². The van der Waals surface area contributed by atoms with Gasteiger partial charge in [-0.1, -0.05) is 0 Å². The van der Waals surface area contributed by atoms with Gasteiger partial charge in [-0.25, -0.2) is 0 Å². The fourth-order valence-electron chi connectivity index (χ4n) is 2.27. The van der Waals surface area contributed by atoms with Gasteiger partial charge in [-0.05, 0) is 61.6 Å². The molecule has 2 unspecified atom stereocenters. The van der Waals surface area contributed by atoms with Crippen LogP contribution in [0.3, 0.4) is 0 Å². The number of carbonyl (C=O) groups is 1. The lowest BCUT2D eigenvalue weighted by Crippen LogP contribution is -2.62. The second kappa shape index (κ2) is 8.91. The first kappa shape index (κ1) is 23.0. The van der Waals surface area contributed by atoms with Crippen LogP contribution in [0.4, 0.5) is 0 Å². The molecule has 8 heteroatoms. The molecule has 0 aromatic heterocycles. The molecule has 0 saturated carbocycles. The van der Waals surface area contributed by atoms with Crippen LogP contribution >= 0.6 is 0 Å². The summed E-state index contributed by atoms with van der Waals surface area (Å²) in [6.45, 7) is 20.5. The summed E-state index contributed by atoms with van der Waals surface area (Å²) in [5.41, 5.74) is -0.601. The summed E-state index contributed by atoms with van der Waals surface area (Å²) < 4.78 is 24.1. The largest absolute Gasteiger partial charge is 0.523 e. The van der Waals surface area contributed by atoms with E-state index in [1.54, 1.807) is 0 Å². The van der Waals surface area contributed by atoms with Crippen LogP contribution in [-0.4, -0.2) is 54.6 Å². The van der Waals surface area contributed by atoms with Crippen LogP contribution in [0.1, 0.15) is 55.4 Å². The Morgan fingerprint density at radius 2 is 1.57 bits per heavy atom. The highest BCUT2D eigenvalue weighted by Crippen LogP contribution is 2.21. The Balaban J connectivity index is 5.35. The summed E-state index contributed by atoms with van der Waals surface area (Å²) in [7, 11) is -4.77. The van der Waals surface area contributed by atoms with Crippen molar-refractivity contribution in [3.8, 4) is 0 Å². The maximum atomic E-state index is 11.6. The van der Waals surface area contributed by atoms with Gasteiger partial charge in [0, 0.05) is 13.5 Å². The Morgan fingerprint density at radius 1 is 1.13 bits per heavy atom. The predicted octanol–water partition coefficient (Wildman–Crippen LogP) is 2.17. The van der Waals surface area contributed by atoms with E-state index < -0.39 is 24.9 Å². The molecule has 2 atom stereocenters. The molecule has 23 heavy (non-hydrogen) atoms. The maximum Gasteiger partial charge on any atom is 0.289 e. The van der Waals surface area contributed by atoms with Crippen molar-refractivity contribution in [2.45, 2.75) is 85.6 Å². The van der Waals surface area contributed by atoms with Gasteiger partial charge in [0.05, 0.1) is 11.2 Å². The first-order valence-electron chi connectivity index (χ1n) is 8.35. The van der Waals surface area contributed by atoms with E-state index in [1.165, 1.54) is 6.92 Å². The minimum absolute atomic E-state index is 0.212. The Morgan fingerprint density at radius 3 is 1.87 bits per heavy atom. The standard InChI is InChI=1S/C15H36O5Si3/c1-11-17-22(9)23(10,20-12(2)16)21-13(18-14(3,4)5)19-15(6,7)8/h13,22H,11,21H2,1-10H3. The fraction of sp³-hybridized carbons (Fsp3) is 0.933. The lowest BCUT2D eigenvalue weighted by molar-refractivity contribution is -0.192. The lowest BCUT2D eigenvalue weighted by atomic mass is 10.2. The van der Waals surface area contributed by atoms with E-state index >= 15 is 0 Å². The van der Waals surface area contributed by atoms with Gasteiger partial charge < -0.3 is 18.3 Å². The highest BCUT2D eigenvalue weighted by Gasteiger charge is 2.45. The number of hydrogen-bond acceptors (Lipinski definition) is 5. The molecule has 0 aliphatic rings. The molecule has 0 rings (SSSR count). The fourth-order valence-corrected chi connectivity index (χ4v) is 18.9. The van der Waals surface area contributed by atoms with Crippen molar-refractivity contribution < 1.29 is 23.1 Å². The molecule has 0 spiro atoms. The zero-order chi connectivity index (χ0) is 18.5. The van der Waals surface area contributed by atoms with Crippen molar-refractivity contribution in [2.75, 3.05) is 6.61 Å². The third kappa shape index (κ3) is 10.5. The van der Waals surface area contributed by atoms with E-state index in [0.717, 1.165) is 0 Å².